The standard InChI is InChI=1S/C20H22BrN3O5/c1-3-8-28-17-6-4-13(10-18(17)27-2)20(26)24-23-11-14-9-15(21)5-7-16(14)29-12-19(22)25/h4-7,9-11H,3,8,12H2,1-2H3,(H2,22,25)(H,24,26)/b23-11+. The maximum absolute atomic E-state index is 12.4. The number of halogens is 1. The molecule has 2 amide bonds. The fourth-order valence-corrected chi connectivity index (χ4v) is 2.64. The largest absolute Gasteiger partial charge is 0.493 e. The van der Waals surface area contributed by atoms with Gasteiger partial charge in [0.1, 0.15) is 5.75 Å². The Bertz CT molecular complexity index is 902. The number of primary amides is 1. The second kappa shape index (κ2) is 11.1. The first-order valence-electron chi connectivity index (χ1n) is 8.79. The van der Waals surface area contributed by atoms with Gasteiger partial charge in [-0.1, -0.05) is 22.9 Å². The molecule has 9 heteroatoms. The summed E-state index contributed by atoms with van der Waals surface area (Å²) >= 11 is 3.35. The van der Waals surface area contributed by atoms with Crippen molar-refractivity contribution in [1.29, 1.82) is 0 Å². The number of carbonyl (C=O) groups is 2. The zero-order chi connectivity index (χ0) is 21.2. The number of benzene rings is 2. The third kappa shape index (κ3) is 6.79. The van der Waals surface area contributed by atoms with E-state index >= 15 is 0 Å². The summed E-state index contributed by atoms with van der Waals surface area (Å²) in [6.45, 7) is 2.29. The summed E-state index contributed by atoms with van der Waals surface area (Å²) < 4.78 is 17.0. The molecule has 0 saturated heterocycles. The normalized spacial score (nSPS) is 10.6. The quantitative estimate of drug-likeness (QED) is 0.415. The van der Waals surface area contributed by atoms with Gasteiger partial charge in [0, 0.05) is 15.6 Å². The molecule has 0 aliphatic heterocycles. The fraction of sp³-hybridized carbons (Fsp3) is 0.250. The Hall–Kier alpha value is -3.07. The van der Waals surface area contributed by atoms with Crippen molar-refractivity contribution in [3.8, 4) is 17.2 Å². The summed E-state index contributed by atoms with van der Waals surface area (Å²) in [7, 11) is 1.51. The number of rotatable bonds is 10. The minimum absolute atomic E-state index is 0.263. The molecule has 154 valence electrons. The highest BCUT2D eigenvalue weighted by atomic mass is 79.9. The van der Waals surface area contributed by atoms with Crippen molar-refractivity contribution in [2.75, 3.05) is 20.3 Å². The second-order valence-corrected chi connectivity index (χ2v) is 6.77. The van der Waals surface area contributed by atoms with Crippen molar-refractivity contribution in [3.63, 3.8) is 0 Å². The van der Waals surface area contributed by atoms with E-state index in [1.54, 1.807) is 36.4 Å². The summed E-state index contributed by atoms with van der Waals surface area (Å²) in [6, 6.07) is 10.0. The fourth-order valence-electron chi connectivity index (χ4n) is 2.27. The molecule has 2 aromatic rings. The Morgan fingerprint density at radius 3 is 2.59 bits per heavy atom. The van der Waals surface area contributed by atoms with Gasteiger partial charge in [-0.15, -0.1) is 0 Å². The Kier molecular flexibility index (Phi) is 8.47. The van der Waals surface area contributed by atoms with Gasteiger partial charge in [-0.3, -0.25) is 9.59 Å². The Morgan fingerprint density at radius 1 is 1.14 bits per heavy atom. The van der Waals surface area contributed by atoms with Gasteiger partial charge in [0.25, 0.3) is 11.8 Å². The molecular formula is C20H22BrN3O5. The maximum Gasteiger partial charge on any atom is 0.271 e. The van der Waals surface area contributed by atoms with Crippen LogP contribution in [0, 0.1) is 0 Å². The number of nitrogens with one attached hydrogen (secondary N) is 1. The number of ether oxygens (including phenoxy) is 3. The molecule has 0 saturated carbocycles. The molecule has 8 nitrogen and oxygen atoms in total. The molecule has 3 N–H and O–H groups in total. The van der Waals surface area contributed by atoms with Crippen LogP contribution in [0.25, 0.3) is 0 Å². The average Bonchev–Trinajstić information content (AvgIpc) is 2.71. The van der Waals surface area contributed by atoms with E-state index in [0.717, 1.165) is 10.9 Å². The molecule has 0 spiro atoms. The molecule has 0 bridgehead atoms. The first-order chi connectivity index (χ1) is 13.9. The molecule has 0 atom stereocenters. The van der Waals surface area contributed by atoms with Crippen LogP contribution in [0.2, 0.25) is 0 Å². The first-order valence-corrected chi connectivity index (χ1v) is 9.58. The number of amides is 2. The number of methoxy groups -OCH3 is 1. The van der Waals surface area contributed by atoms with Crippen molar-refractivity contribution in [2.45, 2.75) is 13.3 Å². The third-order valence-corrected chi connectivity index (χ3v) is 4.09. The van der Waals surface area contributed by atoms with Crippen LogP contribution in [0.15, 0.2) is 46.0 Å². The number of carbonyl (C=O) groups excluding carboxylic acids is 2. The lowest BCUT2D eigenvalue weighted by Crippen LogP contribution is -2.20. The van der Waals surface area contributed by atoms with Crippen LogP contribution in [-0.4, -0.2) is 38.4 Å². The summed E-state index contributed by atoms with van der Waals surface area (Å²) in [5, 5.41) is 3.96. The van der Waals surface area contributed by atoms with Gasteiger partial charge in [0.05, 0.1) is 19.9 Å². The number of nitrogens with two attached hydrogens (primary N) is 1. The molecule has 2 rings (SSSR count). The van der Waals surface area contributed by atoms with E-state index in [2.05, 4.69) is 26.5 Å². The highest BCUT2D eigenvalue weighted by Crippen LogP contribution is 2.28. The van der Waals surface area contributed by atoms with Gasteiger partial charge in [0.15, 0.2) is 18.1 Å². The summed E-state index contributed by atoms with van der Waals surface area (Å²) in [5.74, 6) is 0.425. The molecular weight excluding hydrogens is 442 g/mol. The van der Waals surface area contributed by atoms with E-state index < -0.39 is 11.8 Å². The lowest BCUT2D eigenvalue weighted by atomic mass is 10.2. The molecule has 0 aromatic heterocycles. The van der Waals surface area contributed by atoms with Crippen LogP contribution in [0.3, 0.4) is 0 Å². The van der Waals surface area contributed by atoms with Crippen molar-refractivity contribution in [3.05, 3.63) is 52.0 Å². The predicted molar refractivity (Wildman–Crippen MR) is 113 cm³/mol. The lowest BCUT2D eigenvalue weighted by molar-refractivity contribution is -0.119. The Balaban J connectivity index is 2.09. The van der Waals surface area contributed by atoms with Crippen LogP contribution < -0.4 is 25.4 Å². The van der Waals surface area contributed by atoms with Crippen LogP contribution in [0.5, 0.6) is 17.2 Å². The number of hydrogen-bond donors (Lipinski definition) is 2. The zero-order valence-electron chi connectivity index (χ0n) is 16.1. The van der Waals surface area contributed by atoms with E-state index in [1.807, 2.05) is 6.92 Å². The van der Waals surface area contributed by atoms with E-state index in [4.69, 9.17) is 19.9 Å². The number of hydrogen-bond acceptors (Lipinski definition) is 6. The van der Waals surface area contributed by atoms with Crippen LogP contribution in [0.1, 0.15) is 29.3 Å². The van der Waals surface area contributed by atoms with Crippen LogP contribution >= 0.6 is 15.9 Å². The summed E-state index contributed by atoms with van der Waals surface area (Å²) in [4.78, 5) is 23.3. The average molecular weight is 464 g/mol. The smallest absolute Gasteiger partial charge is 0.271 e. The molecule has 0 aliphatic rings. The summed E-state index contributed by atoms with van der Waals surface area (Å²) in [5.41, 5.74) is 8.47. The monoisotopic (exact) mass is 463 g/mol. The maximum atomic E-state index is 12.4. The second-order valence-electron chi connectivity index (χ2n) is 5.85. The molecule has 0 unspecified atom stereocenters. The SMILES string of the molecule is CCCOc1ccc(C(=O)N/N=C/c2cc(Br)ccc2OCC(N)=O)cc1OC. The van der Waals surface area contributed by atoms with Gasteiger partial charge in [-0.2, -0.15) is 5.10 Å². The summed E-state index contributed by atoms with van der Waals surface area (Å²) in [6.07, 6.45) is 2.27. The van der Waals surface area contributed by atoms with Crippen molar-refractivity contribution in [2.24, 2.45) is 10.8 Å². The van der Waals surface area contributed by atoms with Gasteiger partial charge in [-0.25, -0.2) is 5.43 Å². The zero-order valence-corrected chi connectivity index (χ0v) is 17.7. The highest BCUT2D eigenvalue weighted by molar-refractivity contribution is 9.10. The van der Waals surface area contributed by atoms with Crippen LogP contribution in [0.4, 0.5) is 0 Å². The predicted octanol–water partition coefficient (Wildman–Crippen LogP) is 2.87. The molecule has 2 aromatic carbocycles. The highest BCUT2D eigenvalue weighted by Gasteiger charge is 2.11. The van der Waals surface area contributed by atoms with Crippen LogP contribution in [-0.2, 0) is 4.79 Å². The van der Waals surface area contributed by atoms with E-state index in [9.17, 15) is 9.59 Å². The molecule has 0 fully saturated rings. The number of hydrazone groups is 1. The van der Waals surface area contributed by atoms with Gasteiger partial charge in [0.2, 0.25) is 0 Å². The Morgan fingerprint density at radius 2 is 1.90 bits per heavy atom. The minimum Gasteiger partial charge on any atom is -0.493 e. The first kappa shape index (κ1) is 22.2. The van der Waals surface area contributed by atoms with Crippen molar-refractivity contribution >= 4 is 34.0 Å². The third-order valence-electron chi connectivity index (χ3n) is 3.60. The Labute approximate surface area is 177 Å². The lowest BCUT2D eigenvalue weighted by Gasteiger charge is -2.11. The van der Waals surface area contributed by atoms with Gasteiger partial charge >= 0.3 is 0 Å². The topological polar surface area (TPSA) is 112 Å². The van der Waals surface area contributed by atoms with Crippen molar-refractivity contribution < 1.29 is 23.8 Å². The minimum atomic E-state index is -0.593. The molecule has 0 aliphatic carbocycles. The molecule has 29 heavy (non-hydrogen) atoms. The van der Waals surface area contributed by atoms with Gasteiger partial charge < -0.3 is 19.9 Å². The molecule has 0 heterocycles. The van der Waals surface area contributed by atoms with Crippen molar-refractivity contribution in [1.82, 2.24) is 5.43 Å². The molecule has 0 radical (unpaired) electrons. The number of nitrogens with zero attached hydrogens (tertiary/aromatic N) is 1. The van der Waals surface area contributed by atoms with E-state index in [0.29, 0.717) is 35.0 Å². The van der Waals surface area contributed by atoms with Gasteiger partial charge in [-0.05, 0) is 42.8 Å². The van der Waals surface area contributed by atoms with E-state index in [1.165, 1.54) is 13.3 Å². The van der Waals surface area contributed by atoms with E-state index in [-0.39, 0.29) is 6.61 Å².